The molecule has 1 aromatic rings. The standard InChI is InChI=1S/C25H41N3O2/c1-3-18(24(30)17-28-15-14-26-27-28)6-4-7-19-8-5-9-23-22(19)11-10-20-16-21(29)12-13-25(20,23)2/h14-15,18-23,29H,3-13,16-17H2,1-2H3/t18-,19-,20+,21-,22+,23+,25+/m1/s1. The van der Waals surface area contributed by atoms with Gasteiger partial charge in [0.15, 0.2) is 5.78 Å². The van der Waals surface area contributed by atoms with Crippen LogP contribution in [0.4, 0.5) is 0 Å². The molecule has 1 heterocycles. The van der Waals surface area contributed by atoms with Crippen LogP contribution in [0.1, 0.15) is 90.9 Å². The van der Waals surface area contributed by atoms with E-state index in [4.69, 9.17) is 0 Å². The summed E-state index contributed by atoms with van der Waals surface area (Å²) in [5, 5.41) is 17.9. The smallest absolute Gasteiger partial charge is 0.157 e. The number of nitrogens with zero attached hydrogens (tertiary/aromatic N) is 3. The molecule has 3 fully saturated rings. The maximum atomic E-state index is 12.7. The molecule has 4 rings (SSSR count). The van der Waals surface area contributed by atoms with Gasteiger partial charge in [-0.1, -0.05) is 44.7 Å². The average Bonchev–Trinajstić information content (AvgIpc) is 3.25. The van der Waals surface area contributed by atoms with E-state index in [-0.39, 0.29) is 12.0 Å². The first-order chi connectivity index (χ1) is 14.5. The first-order valence-electron chi connectivity index (χ1n) is 12.6. The highest BCUT2D eigenvalue weighted by Crippen LogP contribution is 2.60. The van der Waals surface area contributed by atoms with Crippen molar-refractivity contribution in [1.29, 1.82) is 0 Å². The van der Waals surface area contributed by atoms with Crippen molar-refractivity contribution in [2.75, 3.05) is 0 Å². The summed E-state index contributed by atoms with van der Waals surface area (Å²) in [6.07, 6.45) is 17.9. The lowest BCUT2D eigenvalue weighted by atomic mass is 9.48. The van der Waals surface area contributed by atoms with Gasteiger partial charge in [0.25, 0.3) is 0 Å². The second-order valence-corrected chi connectivity index (χ2v) is 10.8. The van der Waals surface area contributed by atoms with Gasteiger partial charge in [0, 0.05) is 12.1 Å². The van der Waals surface area contributed by atoms with E-state index >= 15 is 0 Å². The van der Waals surface area contributed by atoms with E-state index in [1.54, 1.807) is 17.1 Å². The van der Waals surface area contributed by atoms with Crippen LogP contribution < -0.4 is 0 Å². The molecule has 0 saturated heterocycles. The van der Waals surface area contributed by atoms with Gasteiger partial charge in [0.1, 0.15) is 6.54 Å². The molecular weight excluding hydrogens is 374 g/mol. The number of fused-ring (bicyclic) bond motifs is 3. The first-order valence-corrected chi connectivity index (χ1v) is 12.6. The third-order valence-corrected chi connectivity index (χ3v) is 9.28. The molecule has 0 radical (unpaired) electrons. The van der Waals surface area contributed by atoms with Crippen LogP contribution in [0.5, 0.6) is 0 Å². The highest BCUT2D eigenvalue weighted by atomic mass is 16.3. The van der Waals surface area contributed by atoms with Crippen molar-refractivity contribution in [3.05, 3.63) is 12.4 Å². The highest BCUT2D eigenvalue weighted by Gasteiger charge is 2.52. The number of hydrogen-bond donors (Lipinski definition) is 1. The number of aliphatic hydroxyl groups excluding tert-OH is 1. The van der Waals surface area contributed by atoms with Crippen molar-refractivity contribution >= 4 is 5.78 Å². The van der Waals surface area contributed by atoms with Crippen LogP contribution in [-0.4, -0.2) is 32.0 Å². The van der Waals surface area contributed by atoms with Crippen molar-refractivity contribution < 1.29 is 9.90 Å². The van der Waals surface area contributed by atoms with Crippen LogP contribution >= 0.6 is 0 Å². The molecule has 1 aromatic heterocycles. The topological polar surface area (TPSA) is 68.0 Å². The quantitative estimate of drug-likeness (QED) is 0.646. The molecule has 30 heavy (non-hydrogen) atoms. The van der Waals surface area contributed by atoms with Crippen LogP contribution in [0.25, 0.3) is 0 Å². The lowest BCUT2D eigenvalue weighted by Crippen LogP contribution is -2.50. The van der Waals surface area contributed by atoms with Crippen LogP contribution in [0.15, 0.2) is 12.4 Å². The summed E-state index contributed by atoms with van der Waals surface area (Å²) in [6, 6.07) is 0. The number of Topliss-reactive ketones (excluding diaryl/α,β-unsaturated/α-hetero) is 1. The lowest BCUT2D eigenvalue weighted by molar-refractivity contribution is -0.124. The van der Waals surface area contributed by atoms with E-state index in [0.717, 1.165) is 49.4 Å². The summed E-state index contributed by atoms with van der Waals surface area (Å²) in [6.45, 7) is 5.05. The van der Waals surface area contributed by atoms with Gasteiger partial charge in [-0.15, -0.1) is 5.10 Å². The predicted octanol–water partition coefficient (Wildman–Crippen LogP) is 5.04. The Morgan fingerprint density at radius 3 is 2.90 bits per heavy atom. The molecule has 0 spiro atoms. The summed E-state index contributed by atoms with van der Waals surface area (Å²) in [5.74, 6) is 3.77. The normalized spacial score (nSPS) is 37.2. The molecule has 7 atom stereocenters. The molecule has 3 aliphatic carbocycles. The molecule has 0 bridgehead atoms. The summed E-state index contributed by atoms with van der Waals surface area (Å²) >= 11 is 0. The zero-order valence-electron chi connectivity index (χ0n) is 19.0. The zero-order chi connectivity index (χ0) is 21.1. The van der Waals surface area contributed by atoms with Gasteiger partial charge < -0.3 is 5.11 Å². The Morgan fingerprint density at radius 1 is 1.27 bits per heavy atom. The van der Waals surface area contributed by atoms with Gasteiger partial charge in [-0.3, -0.25) is 4.79 Å². The minimum atomic E-state index is -0.0555. The summed E-state index contributed by atoms with van der Waals surface area (Å²) in [7, 11) is 0. The number of aliphatic hydroxyl groups is 1. The fraction of sp³-hybridized carbons (Fsp3) is 0.880. The Balaban J connectivity index is 1.31. The molecule has 1 N–H and O–H groups in total. The predicted molar refractivity (Wildman–Crippen MR) is 118 cm³/mol. The van der Waals surface area contributed by atoms with Crippen LogP contribution in [0.2, 0.25) is 0 Å². The molecule has 3 saturated carbocycles. The van der Waals surface area contributed by atoms with E-state index in [1.807, 2.05) is 0 Å². The van der Waals surface area contributed by atoms with Crippen molar-refractivity contribution in [3.63, 3.8) is 0 Å². The van der Waals surface area contributed by atoms with Gasteiger partial charge >= 0.3 is 0 Å². The van der Waals surface area contributed by atoms with Crippen molar-refractivity contribution in [2.45, 2.75) is 104 Å². The third kappa shape index (κ3) is 4.51. The number of aromatic nitrogens is 3. The van der Waals surface area contributed by atoms with Gasteiger partial charge in [0.05, 0.1) is 12.3 Å². The highest BCUT2D eigenvalue weighted by molar-refractivity contribution is 5.80. The SMILES string of the molecule is CC[C@H](CCC[C@@H]1CCC[C@H]2[C@H]1CC[C@H]1C[C@H](O)CC[C@@]12C)C(=O)Cn1ccnn1. The minimum absolute atomic E-state index is 0.0555. The van der Waals surface area contributed by atoms with E-state index < -0.39 is 0 Å². The summed E-state index contributed by atoms with van der Waals surface area (Å²) in [5.41, 5.74) is 0.459. The Hall–Kier alpha value is -1.23. The van der Waals surface area contributed by atoms with E-state index in [1.165, 1.54) is 51.4 Å². The van der Waals surface area contributed by atoms with Gasteiger partial charge in [-0.25, -0.2) is 4.68 Å². The van der Waals surface area contributed by atoms with Crippen molar-refractivity contribution in [2.24, 2.45) is 35.0 Å². The van der Waals surface area contributed by atoms with Crippen molar-refractivity contribution in [1.82, 2.24) is 15.0 Å². The number of carbonyl (C=O) groups is 1. The first kappa shape index (κ1) is 22.0. The minimum Gasteiger partial charge on any atom is -0.393 e. The molecule has 5 nitrogen and oxygen atoms in total. The van der Waals surface area contributed by atoms with Crippen molar-refractivity contribution in [3.8, 4) is 0 Å². The van der Waals surface area contributed by atoms with Crippen LogP contribution in [-0.2, 0) is 11.3 Å². The molecule has 0 aliphatic heterocycles. The molecule has 5 heteroatoms. The fourth-order valence-electron chi connectivity index (χ4n) is 7.52. The molecular formula is C25H41N3O2. The van der Waals surface area contributed by atoms with Gasteiger partial charge in [-0.05, 0) is 80.5 Å². The largest absolute Gasteiger partial charge is 0.393 e. The maximum absolute atomic E-state index is 12.7. The fourth-order valence-corrected chi connectivity index (χ4v) is 7.52. The Kier molecular flexibility index (Phi) is 6.96. The summed E-state index contributed by atoms with van der Waals surface area (Å²) in [4.78, 5) is 12.7. The van der Waals surface area contributed by atoms with Gasteiger partial charge in [-0.2, -0.15) is 0 Å². The van der Waals surface area contributed by atoms with Gasteiger partial charge in [0.2, 0.25) is 0 Å². The molecule has 168 valence electrons. The zero-order valence-corrected chi connectivity index (χ0v) is 19.0. The monoisotopic (exact) mass is 415 g/mol. The Morgan fingerprint density at radius 2 is 2.13 bits per heavy atom. The number of ketones is 1. The molecule has 0 amide bonds. The number of carbonyl (C=O) groups excluding carboxylic acids is 1. The Bertz CT molecular complexity index is 691. The second kappa shape index (κ2) is 9.50. The molecule has 0 unspecified atom stereocenters. The van der Waals surface area contributed by atoms with Crippen LogP contribution in [0, 0.1) is 35.0 Å². The summed E-state index contributed by atoms with van der Waals surface area (Å²) < 4.78 is 1.65. The Labute approximate surface area is 182 Å². The van der Waals surface area contributed by atoms with Crippen LogP contribution in [0.3, 0.4) is 0 Å². The average molecular weight is 416 g/mol. The third-order valence-electron chi connectivity index (χ3n) is 9.28. The lowest BCUT2D eigenvalue weighted by Gasteiger charge is -2.58. The maximum Gasteiger partial charge on any atom is 0.157 e. The number of hydrogen-bond acceptors (Lipinski definition) is 4. The second-order valence-electron chi connectivity index (χ2n) is 10.8. The number of rotatable bonds is 8. The van der Waals surface area contributed by atoms with E-state index in [2.05, 4.69) is 24.2 Å². The van der Waals surface area contributed by atoms with E-state index in [0.29, 0.717) is 17.7 Å². The molecule has 0 aromatic carbocycles. The molecule has 3 aliphatic rings. The van der Waals surface area contributed by atoms with E-state index in [9.17, 15) is 9.90 Å².